The highest BCUT2D eigenvalue weighted by molar-refractivity contribution is 6.03. The minimum Gasteiger partial charge on any atom is -0.495 e. The van der Waals surface area contributed by atoms with Gasteiger partial charge in [0.2, 0.25) is 5.91 Å². The number of amides is 1. The second kappa shape index (κ2) is 6.72. The molecule has 1 aromatic rings. The number of carbonyl (C=O) groups is 2. The van der Waals surface area contributed by atoms with Crippen LogP contribution in [0.2, 0.25) is 0 Å². The third-order valence-corrected chi connectivity index (χ3v) is 2.48. The molecule has 0 aromatic heterocycles. The van der Waals surface area contributed by atoms with E-state index in [-0.39, 0.29) is 12.3 Å². The molecule has 5 nitrogen and oxygen atoms in total. The number of benzene rings is 1. The average molecular weight is 269 g/mol. The quantitative estimate of drug-likeness (QED) is 0.603. The molecule has 0 saturated heterocycles. The fraction of sp³-hybridized carbons (Fsp3) is 0.385. The summed E-state index contributed by atoms with van der Waals surface area (Å²) >= 11 is 0. The first-order valence-electron chi connectivity index (χ1n) is 5.75. The molecule has 0 spiro atoms. The van der Waals surface area contributed by atoms with Crippen molar-refractivity contribution in [3.63, 3.8) is 0 Å². The molecule has 0 aliphatic carbocycles. The van der Waals surface area contributed by atoms with E-state index in [4.69, 9.17) is 4.74 Å². The van der Waals surface area contributed by atoms with Crippen molar-refractivity contribution in [1.82, 2.24) is 0 Å². The van der Waals surface area contributed by atoms with Gasteiger partial charge in [-0.15, -0.1) is 0 Å². The number of methoxy groups -OCH3 is 1. The minimum absolute atomic E-state index is 0.207. The molecule has 0 radical (unpaired) electrons. The Balaban J connectivity index is 2.87. The SMILES string of the molecule is CCOC(=O)CC(=O)N(C)c1cc(F)ccc1OC. The van der Waals surface area contributed by atoms with Crippen LogP contribution in [0.5, 0.6) is 5.75 Å². The van der Waals surface area contributed by atoms with Gasteiger partial charge in [0, 0.05) is 13.1 Å². The van der Waals surface area contributed by atoms with Crippen molar-refractivity contribution < 1.29 is 23.5 Å². The third kappa shape index (κ3) is 3.94. The van der Waals surface area contributed by atoms with Gasteiger partial charge in [0.25, 0.3) is 0 Å². The smallest absolute Gasteiger partial charge is 0.315 e. The van der Waals surface area contributed by atoms with Gasteiger partial charge in [0.1, 0.15) is 18.0 Å². The van der Waals surface area contributed by atoms with Crippen LogP contribution in [0.15, 0.2) is 18.2 Å². The van der Waals surface area contributed by atoms with Crippen molar-refractivity contribution in [3.05, 3.63) is 24.0 Å². The molecule has 0 heterocycles. The van der Waals surface area contributed by atoms with E-state index in [1.807, 2.05) is 0 Å². The summed E-state index contributed by atoms with van der Waals surface area (Å²) in [5, 5.41) is 0. The number of anilines is 1. The van der Waals surface area contributed by atoms with E-state index in [2.05, 4.69) is 4.74 Å². The van der Waals surface area contributed by atoms with Gasteiger partial charge >= 0.3 is 5.97 Å². The minimum atomic E-state index is -0.616. The highest BCUT2D eigenvalue weighted by atomic mass is 19.1. The van der Waals surface area contributed by atoms with Crippen LogP contribution >= 0.6 is 0 Å². The molecular weight excluding hydrogens is 253 g/mol. The molecule has 1 rings (SSSR count). The summed E-state index contributed by atoms with van der Waals surface area (Å²) in [6.45, 7) is 1.86. The van der Waals surface area contributed by atoms with E-state index in [0.29, 0.717) is 5.75 Å². The van der Waals surface area contributed by atoms with Crippen molar-refractivity contribution >= 4 is 17.6 Å². The standard InChI is InChI=1S/C13H16FNO4/c1-4-19-13(17)8-12(16)15(2)10-7-9(14)5-6-11(10)18-3/h5-7H,4,8H2,1-3H3. The second-order valence-electron chi connectivity index (χ2n) is 3.75. The zero-order valence-corrected chi connectivity index (χ0v) is 11.1. The molecule has 0 N–H and O–H groups in total. The number of ether oxygens (including phenoxy) is 2. The molecule has 19 heavy (non-hydrogen) atoms. The van der Waals surface area contributed by atoms with Crippen LogP contribution in [0.1, 0.15) is 13.3 Å². The predicted molar refractivity (Wildman–Crippen MR) is 67.6 cm³/mol. The average Bonchev–Trinajstić information content (AvgIpc) is 2.37. The Kier molecular flexibility index (Phi) is 5.29. The first-order valence-corrected chi connectivity index (χ1v) is 5.75. The lowest BCUT2D eigenvalue weighted by atomic mass is 10.2. The van der Waals surface area contributed by atoms with Gasteiger partial charge in [-0.25, -0.2) is 4.39 Å². The lowest BCUT2D eigenvalue weighted by molar-refractivity contribution is -0.145. The molecule has 0 unspecified atom stereocenters. The normalized spacial score (nSPS) is 9.89. The summed E-state index contributed by atoms with van der Waals surface area (Å²) in [6, 6.07) is 3.81. The topological polar surface area (TPSA) is 55.8 Å². The summed E-state index contributed by atoms with van der Waals surface area (Å²) < 4.78 is 22.9. The van der Waals surface area contributed by atoms with Crippen molar-refractivity contribution in [3.8, 4) is 5.75 Å². The zero-order chi connectivity index (χ0) is 14.4. The molecule has 0 bridgehead atoms. The first kappa shape index (κ1) is 14.9. The fourth-order valence-electron chi connectivity index (χ4n) is 1.51. The maximum Gasteiger partial charge on any atom is 0.315 e. The summed E-state index contributed by atoms with van der Waals surface area (Å²) in [7, 11) is 2.86. The molecule has 0 aliphatic rings. The van der Waals surface area contributed by atoms with E-state index in [0.717, 1.165) is 0 Å². The number of hydrogen-bond acceptors (Lipinski definition) is 4. The van der Waals surface area contributed by atoms with Crippen LogP contribution in [0.3, 0.4) is 0 Å². The Labute approximate surface area is 110 Å². The number of carbonyl (C=O) groups excluding carboxylic acids is 2. The number of esters is 1. The lowest BCUT2D eigenvalue weighted by Crippen LogP contribution is -2.29. The zero-order valence-electron chi connectivity index (χ0n) is 11.1. The molecule has 1 amide bonds. The fourth-order valence-corrected chi connectivity index (χ4v) is 1.51. The van der Waals surface area contributed by atoms with Crippen LogP contribution in [0.25, 0.3) is 0 Å². The van der Waals surface area contributed by atoms with Gasteiger partial charge < -0.3 is 14.4 Å². The summed E-state index contributed by atoms with van der Waals surface area (Å²) in [5.41, 5.74) is 0.261. The van der Waals surface area contributed by atoms with Crippen molar-refractivity contribution in [2.45, 2.75) is 13.3 Å². The van der Waals surface area contributed by atoms with E-state index in [9.17, 15) is 14.0 Å². The number of nitrogens with zero attached hydrogens (tertiary/aromatic N) is 1. The Morgan fingerprint density at radius 2 is 2.05 bits per heavy atom. The number of halogens is 1. The number of rotatable bonds is 5. The maximum atomic E-state index is 13.2. The highest BCUT2D eigenvalue weighted by Crippen LogP contribution is 2.28. The van der Waals surface area contributed by atoms with Crippen molar-refractivity contribution in [2.75, 3.05) is 25.7 Å². The molecule has 0 atom stereocenters. The lowest BCUT2D eigenvalue weighted by Gasteiger charge is -2.19. The van der Waals surface area contributed by atoms with Crippen molar-refractivity contribution in [2.24, 2.45) is 0 Å². The van der Waals surface area contributed by atoms with Gasteiger partial charge in [-0.1, -0.05) is 0 Å². The second-order valence-corrected chi connectivity index (χ2v) is 3.75. The molecule has 104 valence electrons. The Morgan fingerprint density at radius 3 is 2.63 bits per heavy atom. The molecule has 0 saturated carbocycles. The van der Waals surface area contributed by atoms with Gasteiger partial charge in [-0.3, -0.25) is 9.59 Å². The van der Waals surface area contributed by atoms with E-state index in [1.54, 1.807) is 6.92 Å². The van der Waals surface area contributed by atoms with E-state index in [1.165, 1.54) is 37.3 Å². The summed E-state index contributed by atoms with van der Waals surface area (Å²) in [6.07, 6.45) is -0.399. The van der Waals surface area contributed by atoms with Gasteiger partial charge in [0.15, 0.2) is 0 Å². The van der Waals surface area contributed by atoms with Gasteiger partial charge in [0.05, 0.1) is 19.4 Å². The Hall–Kier alpha value is -2.11. The van der Waals surface area contributed by atoms with Crippen LogP contribution in [0.4, 0.5) is 10.1 Å². The van der Waals surface area contributed by atoms with Gasteiger partial charge in [-0.2, -0.15) is 0 Å². The van der Waals surface area contributed by atoms with Crippen molar-refractivity contribution in [1.29, 1.82) is 0 Å². The van der Waals surface area contributed by atoms with Crippen LogP contribution in [0, 0.1) is 5.82 Å². The summed E-state index contributed by atoms with van der Waals surface area (Å²) in [5.74, 6) is -1.26. The maximum absolute atomic E-state index is 13.2. The highest BCUT2D eigenvalue weighted by Gasteiger charge is 2.19. The van der Waals surface area contributed by atoms with Gasteiger partial charge in [-0.05, 0) is 19.1 Å². The molecule has 0 fully saturated rings. The first-order chi connectivity index (χ1) is 8.99. The molecular formula is C13H16FNO4. The Morgan fingerprint density at radius 1 is 1.37 bits per heavy atom. The van der Waals surface area contributed by atoms with Crippen LogP contribution in [-0.2, 0) is 14.3 Å². The number of hydrogen-bond donors (Lipinski definition) is 0. The van der Waals surface area contributed by atoms with E-state index < -0.39 is 24.1 Å². The summed E-state index contributed by atoms with van der Waals surface area (Å²) in [4.78, 5) is 24.3. The molecule has 6 heteroatoms. The Bertz CT molecular complexity index is 476. The monoisotopic (exact) mass is 269 g/mol. The largest absolute Gasteiger partial charge is 0.495 e. The van der Waals surface area contributed by atoms with Crippen LogP contribution < -0.4 is 9.64 Å². The molecule has 1 aromatic carbocycles. The third-order valence-electron chi connectivity index (χ3n) is 2.48. The molecule has 0 aliphatic heterocycles. The predicted octanol–water partition coefficient (Wildman–Crippen LogP) is 1.75. The van der Waals surface area contributed by atoms with E-state index >= 15 is 0 Å². The van der Waals surface area contributed by atoms with Crippen LogP contribution in [-0.4, -0.2) is 32.6 Å².